The Labute approximate surface area is 166 Å². The van der Waals surface area contributed by atoms with Gasteiger partial charge in [0.15, 0.2) is 0 Å². The summed E-state index contributed by atoms with van der Waals surface area (Å²) in [5.74, 6) is -0.567. The summed E-state index contributed by atoms with van der Waals surface area (Å²) in [5.41, 5.74) is 2.97. The lowest BCUT2D eigenvalue weighted by atomic mass is 10.0. The number of carbonyl (C=O) groups excluding carboxylic acids is 3. The van der Waals surface area contributed by atoms with Gasteiger partial charge < -0.3 is 10.2 Å². The highest BCUT2D eigenvalue weighted by Crippen LogP contribution is 2.45. The molecule has 1 atom stereocenters. The third-order valence-corrected chi connectivity index (χ3v) is 5.24. The molecule has 0 fully saturated rings. The minimum absolute atomic E-state index is 0.0970. The number of aromatic nitrogens is 2. The van der Waals surface area contributed by atoms with Crippen LogP contribution in [0.2, 0.25) is 0 Å². The zero-order valence-electron chi connectivity index (χ0n) is 15.3. The van der Waals surface area contributed by atoms with Crippen molar-refractivity contribution in [1.82, 2.24) is 15.1 Å². The van der Waals surface area contributed by atoms with Gasteiger partial charge in [-0.2, -0.15) is 5.10 Å². The Morgan fingerprint density at radius 1 is 1.03 bits per heavy atom. The maximum atomic E-state index is 13.2. The van der Waals surface area contributed by atoms with Crippen LogP contribution in [0.25, 0.3) is 0 Å². The van der Waals surface area contributed by atoms with Crippen LogP contribution < -0.4 is 10.2 Å². The number of H-pyrrole nitrogens is 1. The van der Waals surface area contributed by atoms with E-state index in [0.717, 1.165) is 5.56 Å². The standard InChI is InChI=1S/C21H17N5O3/c27-18(24-13-11-22-23-12-13)9-10-25-19-14-5-1-2-6-15(14)21(29)26(19)17-8-4-3-7-16(17)20(25)28/h1-8,11-12,19H,9-10H2,(H,22,23)(H,24,27). The monoisotopic (exact) mass is 387 g/mol. The van der Waals surface area contributed by atoms with Crippen molar-refractivity contribution in [3.63, 3.8) is 0 Å². The lowest BCUT2D eigenvalue weighted by Gasteiger charge is -2.40. The van der Waals surface area contributed by atoms with Crippen LogP contribution in [0.15, 0.2) is 60.9 Å². The predicted molar refractivity (Wildman–Crippen MR) is 105 cm³/mol. The summed E-state index contributed by atoms with van der Waals surface area (Å²) in [7, 11) is 0. The van der Waals surface area contributed by atoms with E-state index in [4.69, 9.17) is 0 Å². The van der Waals surface area contributed by atoms with Gasteiger partial charge >= 0.3 is 0 Å². The minimum Gasteiger partial charge on any atom is -0.323 e. The second-order valence-corrected chi connectivity index (χ2v) is 6.94. The highest BCUT2D eigenvalue weighted by atomic mass is 16.2. The average Bonchev–Trinajstić information content (AvgIpc) is 3.35. The number of hydrogen-bond acceptors (Lipinski definition) is 4. The topological polar surface area (TPSA) is 98.4 Å². The van der Waals surface area contributed by atoms with Crippen LogP contribution in [0, 0.1) is 0 Å². The smallest absolute Gasteiger partial charge is 0.260 e. The van der Waals surface area contributed by atoms with Crippen molar-refractivity contribution in [2.75, 3.05) is 16.8 Å². The Kier molecular flexibility index (Phi) is 3.90. The molecule has 2 N–H and O–H groups in total. The summed E-state index contributed by atoms with van der Waals surface area (Å²) in [5, 5.41) is 9.15. The molecule has 0 radical (unpaired) electrons. The van der Waals surface area contributed by atoms with Gasteiger partial charge in [0.2, 0.25) is 5.91 Å². The molecule has 3 heterocycles. The zero-order chi connectivity index (χ0) is 20.0. The molecule has 8 heteroatoms. The molecule has 1 aromatic heterocycles. The van der Waals surface area contributed by atoms with E-state index in [0.29, 0.717) is 22.5 Å². The van der Waals surface area contributed by atoms with Gasteiger partial charge in [0.1, 0.15) is 6.17 Å². The van der Waals surface area contributed by atoms with Crippen LogP contribution in [0.4, 0.5) is 11.4 Å². The molecule has 0 saturated heterocycles. The Morgan fingerprint density at radius 3 is 2.59 bits per heavy atom. The van der Waals surface area contributed by atoms with Gasteiger partial charge in [0.25, 0.3) is 11.8 Å². The van der Waals surface area contributed by atoms with Crippen molar-refractivity contribution in [1.29, 1.82) is 0 Å². The van der Waals surface area contributed by atoms with Crippen molar-refractivity contribution >= 4 is 29.1 Å². The van der Waals surface area contributed by atoms with Crippen molar-refractivity contribution in [2.45, 2.75) is 12.6 Å². The number of rotatable bonds is 4. The van der Waals surface area contributed by atoms with Crippen LogP contribution in [0.1, 0.15) is 38.9 Å². The van der Waals surface area contributed by atoms with E-state index in [-0.39, 0.29) is 30.7 Å². The first-order valence-electron chi connectivity index (χ1n) is 9.26. The van der Waals surface area contributed by atoms with Crippen molar-refractivity contribution in [3.05, 3.63) is 77.6 Å². The van der Waals surface area contributed by atoms with Gasteiger partial charge in [-0.25, -0.2) is 0 Å². The minimum atomic E-state index is -0.553. The Bertz CT molecular complexity index is 1120. The van der Waals surface area contributed by atoms with Crippen LogP contribution in [0.3, 0.4) is 0 Å². The maximum absolute atomic E-state index is 13.2. The second kappa shape index (κ2) is 6.59. The number of fused-ring (bicyclic) bond motifs is 5. The average molecular weight is 387 g/mol. The molecule has 0 spiro atoms. The fourth-order valence-electron chi connectivity index (χ4n) is 3.96. The first-order valence-corrected chi connectivity index (χ1v) is 9.26. The summed E-state index contributed by atoms with van der Waals surface area (Å²) in [6.45, 7) is 0.180. The summed E-state index contributed by atoms with van der Waals surface area (Å²) >= 11 is 0. The van der Waals surface area contributed by atoms with Crippen LogP contribution >= 0.6 is 0 Å². The molecule has 0 aliphatic carbocycles. The predicted octanol–water partition coefficient (Wildman–Crippen LogP) is 2.55. The van der Waals surface area contributed by atoms with Gasteiger partial charge in [-0.05, 0) is 18.2 Å². The highest BCUT2D eigenvalue weighted by molar-refractivity contribution is 6.16. The van der Waals surface area contributed by atoms with Crippen molar-refractivity contribution in [3.8, 4) is 0 Å². The Morgan fingerprint density at radius 2 is 1.79 bits per heavy atom. The number of aromatic amines is 1. The number of para-hydroxylation sites is 1. The molecule has 5 rings (SSSR count). The third-order valence-electron chi connectivity index (χ3n) is 5.24. The van der Waals surface area contributed by atoms with Crippen LogP contribution in [-0.2, 0) is 4.79 Å². The van der Waals surface area contributed by atoms with Gasteiger partial charge in [-0.1, -0.05) is 30.3 Å². The summed E-state index contributed by atoms with van der Waals surface area (Å²) in [4.78, 5) is 41.9. The fraction of sp³-hybridized carbons (Fsp3) is 0.143. The van der Waals surface area contributed by atoms with E-state index in [1.54, 1.807) is 40.3 Å². The molecule has 2 aliphatic rings. The second-order valence-electron chi connectivity index (χ2n) is 6.94. The Balaban J connectivity index is 1.48. The van der Waals surface area contributed by atoms with E-state index >= 15 is 0 Å². The third kappa shape index (κ3) is 2.68. The van der Waals surface area contributed by atoms with Crippen molar-refractivity contribution in [2.24, 2.45) is 0 Å². The van der Waals surface area contributed by atoms with E-state index in [1.807, 2.05) is 24.3 Å². The number of anilines is 2. The highest BCUT2D eigenvalue weighted by Gasteiger charge is 2.47. The number of nitrogens with one attached hydrogen (secondary N) is 2. The molecular weight excluding hydrogens is 370 g/mol. The number of hydrogen-bond donors (Lipinski definition) is 2. The van der Waals surface area contributed by atoms with Gasteiger partial charge in [-0.3, -0.25) is 24.4 Å². The molecule has 2 aliphatic heterocycles. The molecule has 2 aromatic carbocycles. The van der Waals surface area contributed by atoms with Crippen LogP contribution in [-0.4, -0.2) is 39.4 Å². The van der Waals surface area contributed by atoms with E-state index in [2.05, 4.69) is 15.5 Å². The molecular formula is C21H17N5O3. The summed E-state index contributed by atoms with van der Waals surface area (Å²) < 4.78 is 0. The number of nitrogens with zero attached hydrogens (tertiary/aromatic N) is 3. The molecule has 8 nitrogen and oxygen atoms in total. The largest absolute Gasteiger partial charge is 0.323 e. The SMILES string of the molecule is O=C(CCN1C(=O)c2ccccc2N2C(=O)c3ccccc3C12)Nc1cn[nH]c1. The molecule has 144 valence electrons. The quantitative estimate of drug-likeness (QED) is 0.719. The summed E-state index contributed by atoms with van der Waals surface area (Å²) in [6.07, 6.45) is 2.63. The zero-order valence-corrected chi connectivity index (χ0v) is 15.3. The first kappa shape index (κ1) is 17.2. The molecule has 1 unspecified atom stereocenters. The molecule has 29 heavy (non-hydrogen) atoms. The summed E-state index contributed by atoms with van der Waals surface area (Å²) in [6, 6.07) is 14.4. The lowest BCUT2D eigenvalue weighted by Crippen LogP contribution is -2.48. The normalized spacial score (nSPS) is 17.0. The maximum Gasteiger partial charge on any atom is 0.260 e. The van der Waals surface area contributed by atoms with E-state index < -0.39 is 6.17 Å². The van der Waals surface area contributed by atoms with Gasteiger partial charge in [-0.15, -0.1) is 0 Å². The van der Waals surface area contributed by atoms with E-state index in [1.165, 1.54) is 6.20 Å². The molecule has 3 aromatic rings. The number of amides is 3. The van der Waals surface area contributed by atoms with E-state index in [9.17, 15) is 14.4 Å². The Hall–Kier alpha value is -3.94. The lowest BCUT2D eigenvalue weighted by molar-refractivity contribution is -0.116. The van der Waals surface area contributed by atoms with Gasteiger partial charge in [0.05, 0.1) is 23.1 Å². The van der Waals surface area contributed by atoms with Gasteiger partial charge in [0, 0.05) is 30.3 Å². The first-order chi connectivity index (χ1) is 14.1. The van der Waals surface area contributed by atoms with Crippen LogP contribution in [0.5, 0.6) is 0 Å². The molecule has 0 saturated carbocycles. The molecule has 3 amide bonds. The molecule has 0 bridgehead atoms. The van der Waals surface area contributed by atoms with Crippen molar-refractivity contribution < 1.29 is 14.4 Å². The number of benzene rings is 2. The fourth-order valence-corrected chi connectivity index (χ4v) is 3.96. The number of carbonyl (C=O) groups is 3.